The van der Waals surface area contributed by atoms with Gasteiger partial charge in [0.15, 0.2) is 0 Å². The summed E-state index contributed by atoms with van der Waals surface area (Å²) in [6.45, 7) is 0.171. The van der Waals surface area contributed by atoms with Gasteiger partial charge in [0, 0.05) is 19.1 Å². The number of amides is 1. The van der Waals surface area contributed by atoms with Crippen molar-refractivity contribution in [3.05, 3.63) is 0 Å². The number of hydrogen-bond donors (Lipinski definition) is 1. The summed E-state index contributed by atoms with van der Waals surface area (Å²) in [7, 11) is 0. The number of nitrogens with zero attached hydrogens (tertiary/aromatic N) is 1. The average Bonchev–Trinajstić information content (AvgIpc) is 2.01. The van der Waals surface area contributed by atoms with E-state index in [0.29, 0.717) is 12.8 Å². The van der Waals surface area contributed by atoms with Crippen molar-refractivity contribution < 1.29 is 18.0 Å². The molecule has 1 heterocycles. The Labute approximate surface area is 85.8 Å². The number of carbonyl (C=O) groups excluding carboxylic acids is 1. The summed E-state index contributed by atoms with van der Waals surface area (Å²) in [6.07, 6.45) is -3.54. The molecule has 0 saturated carbocycles. The van der Waals surface area contributed by atoms with E-state index < -0.39 is 12.1 Å². The van der Waals surface area contributed by atoms with Crippen molar-refractivity contribution in [2.75, 3.05) is 13.1 Å². The van der Waals surface area contributed by atoms with Gasteiger partial charge in [-0.1, -0.05) is 0 Å². The van der Waals surface area contributed by atoms with Crippen LogP contribution in [-0.2, 0) is 4.79 Å². The molecule has 0 aliphatic carbocycles. The topological polar surface area (TPSA) is 46.3 Å². The van der Waals surface area contributed by atoms with Gasteiger partial charge in [0.05, 0.1) is 0 Å². The third kappa shape index (κ3) is 3.34. The lowest BCUT2D eigenvalue weighted by atomic mass is 10.1. The molecule has 1 saturated heterocycles. The van der Waals surface area contributed by atoms with E-state index in [2.05, 4.69) is 0 Å². The van der Waals surface area contributed by atoms with Crippen molar-refractivity contribution in [2.45, 2.75) is 25.1 Å². The standard InChI is InChI=1S/C7H11F3N2O.ClH/c8-7(9,10)6(13)12-3-1-2-5(11)4-12;/h5H,1-4,11H2;1H. The molecular weight excluding hydrogens is 221 g/mol. The second kappa shape index (κ2) is 4.84. The Kier molecular flexibility index (Phi) is 4.67. The fourth-order valence-corrected chi connectivity index (χ4v) is 1.37. The Bertz CT molecular complexity index is 210. The second-order valence-corrected chi connectivity index (χ2v) is 3.15. The number of likely N-dealkylation sites (tertiary alicyclic amines) is 1. The van der Waals surface area contributed by atoms with Crippen LogP contribution in [0.3, 0.4) is 0 Å². The van der Waals surface area contributed by atoms with Crippen LogP contribution in [0.5, 0.6) is 0 Å². The molecule has 84 valence electrons. The summed E-state index contributed by atoms with van der Waals surface area (Å²) in [5.41, 5.74) is 5.44. The maximum atomic E-state index is 11.9. The van der Waals surface area contributed by atoms with Gasteiger partial charge in [-0.2, -0.15) is 13.2 Å². The Morgan fingerprint density at radius 2 is 2.00 bits per heavy atom. The van der Waals surface area contributed by atoms with Gasteiger partial charge >= 0.3 is 12.1 Å². The SMILES string of the molecule is Cl.NC1CCCN(C(=O)C(F)(F)F)C1. The number of piperidine rings is 1. The lowest BCUT2D eigenvalue weighted by Gasteiger charge is -2.31. The molecule has 1 aliphatic rings. The predicted octanol–water partition coefficient (Wildman–Crippen LogP) is 0.920. The maximum Gasteiger partial charge on any atom is 0.471 e. The zero-order chi connectivity index (χ0) is 10.1. The van der Waals surface area contributed by atoms with Crippen molar-refractivity contribution >= 4 is 18.3 Å². The molecule has 1 rings (SSSR count). The molecule has 1 atom stereocenters. The Morgan fingerprint density at radius 1 is 1.43 bits per heavy atom. The third-order valence-electron chi connectivity index (χ3n) is 1.99. The van der Waals surface area contributed by atoms with Crippen LogP contribution >= 0.6 is 12.4 Å². The molecule has 1 unspecified atom stereocenters. The normalized spacial score (nSPS) is 22.9. The van der Waals surface area contributed by atoms with Crippen molar-refractivity contribution in [2.24, 2.45) is 5.73 Å². The molecule has 14 heavy (non-hydrogen) atoms. The summed E-state index contributed by atoms with van der Waals surface area (Å²) in [4.78, 5) is 11.5. The van der Waals surface area contributed by atoms with Gasteiger partial charge in [0.2, 0.25) is 0 Å². The number of alkyl halides is 3. The number of rotatable bonds is 0. The number of nitrogens with two attached hydrogens (primary N) is 1. The van der Waals surface area contributed by atoms with Crippen LogP contribution in [0.25, 0.3) is 0 Å². The first kappa shape index (κ1) is 13.5. The van der Waals surface area contributed by atoms with E-state index in [1.165, 1.54) is 0 Å². The summed E-state index contributed by atoms with van der Waals surface area (Å²) in [5.74, 6) is -1.78. The van der Waals surface area contributed by atoms with E-state index >= 15 is 0 Å². The largest absolute Gasteiger partial charge is 0.471 e. The quantitative estimate of drug-likeness (QED) is 0.675. The fraction of sp³-hybridized carbons (Fsp3) is 0.857. The van der Waals surface area contributed by atoms with Crippen molar-refractivity contribution in [1.29, 1.82) is 0 Å². The number of hydrogen-bond acceptors (Lipinski definition) is 2. The van der Waals surface area contributed by atoms with Gasteiger partial charge in [0.25, 0.3) is 0 Å². The zero-order valence-corrected chi connectivity index (χ0v) is 8.20. The molecule has 0 radical (unpaired) electrons. The highest BCUT2D eigenvalue weighted by molar-refractivity contribution is 5.85. The summed E-state index contributed by atoms with van der Waals surface area (Å²) >= 11 is 0. The smallest absolute Gasteiger partial charge is 0.333 e. The van der Waals surface area contributed by atoms with E-state index in [4.69, 9.17) is 5.73 Å². The summed E-state index contributed by atoms with van der Waals surface area (Å²) in [6, 6.07) is -0.319. The third-order valence-corrected chi connectivity index (χ3v) is 1.99. The van der Waals surface area contributed by atoms with E-state index in [9.17, 15) is 18.0 Å². The molecule has 0 aromatic carbocycles. The van der Waals surface area contributed by atoms with Crippen LogP contribution in [0.4, 0.5) is 13.2 Å². The van der Waals surface area contributed by atoms with Gasteiger partial charge in [-0.25, -0.2) is 0 Å². The van der Waals surface area contributed by atoms with Crippen LogP contribution in [0.2, 0.25) is 0 Å². The maximum absolute atomic E-state index is 11.9. The van der Waals surface area contributed by atoms with Gasteiger partial charge < -0.3 is 10.6 Å². The van der Waals surface area contributed by atoms with E-state index in [1.54, 1.807) is 0 Å². The minimum Gasteiger partial charge on any atom is -0.333 e. The van der Waals surface area contributed by atoms with Crippen LogP contribution in [-0.4, -0.2) is 36.1 Å². The van der Waals surface area contributed by atoms with Crippen molar-refractivity contribution in [3.8, 4) is 0 Å². The first-order valence-corrected chi connectivity index (χ1v) is 4.03. The molecule has 7 heteroatoms. The van der Waals surface area contributed by atoms with Crippen molar-refractivity contribution in [3.63, 3.8) is 0 Å². The second-order valence-electron chi connectivity index (χ2n) is 3.15. The molecule has 0 aromatic rings. The highest BCUT2D eigenvalue weighted by atomic mass is 35.5. The highest BCUT2D eigenvalue weighted by Crippen LogP contribution is 2.20. The molecule has 0 aromatic heterocycles. The Morgan fingerprint density at radius 3 is 2.43 bits per heavy atom. The first-order chi connectivity index (χ1) is 5.91. The van der Waals surface area contributed by atoms with Crippen LogP contribution < -0.4 is 5.73 Å². The first-order valence-electron chi connectivity index (χ1n) is 4.03. The number of carbonyl (C=O) groups is 1. The minimum absolute atomic E-state index is 0. The van der Waals surface area contributed by atoms with Crippen LogP contribution in [0.1, 0.15) is 12.8 Å². The van der Waals surface area contributed by atoms with Crippen LogP contribution in [0.15, 0.2) is 0 Å². The Balaban J connectivity index is 0.00000169. The Hall–Kier alpha value is -0.490. The molecule has 3 nitrogen and oxygen atoms in total. The molecule has 0 bridgehead atoms. The monoisotopic (exact) mass is 232 g/mol. The summed E-state index contributed by atoms with van der Waals surface area (Å²) in [5, 5.41) is 0. The van der Waals surface area contributed by atoms with Gasteiger partial charge in [-0.15, -0.1) is 12.4 Å². The average molecular weight is 233 g/mol. The van der Waals surface area contributed by atoms with Crippen LogP contribution in [0, 0.1) is 0 Å². The van der Waals surface area contributed by atoms with Crippen molar-refractivity contribution in [1.82, 2.24) is 4.90 Å². The minimum atomic E-state index is -4.77. The van der Waals surface area contributed by atoms with Gasteiger partial charge in [-0.3, -0.25) is 4.79 Å². The van der Waals surface area contributed by atoms with Gasteiger partial charge in [0.1, 0.15) is 0 Å². The molecule has 1 amide bonds. The zero-order valence-electron chi connectivity index (χ0n) is 7.38. The van der Waals surface area contributed by atoms with E-state index in [-0.39, 0.29) is 31.5 Å². The van der Waals surface area contributed by atoms with E-state index in [1.807, 2.05) is 0 Å². The lowest BCUT2D eigenvalue weighted by molar-refractivity contribution is -0.186. The highest BCUT2D eigenvalue weighted by Gasteiger charge is 2.43. The molecule has 0 spiro atoms. The van der Waals surface area contributed by atoms with E-state index in [0.717, 1.165) is 4.90 Å². The molecular formula is C7H12ClF3N2O. The predicted molar refractivity (Wildman–Crippen MR) is 47.1 cm³/mol. The lowest BCUT2D eigenvalue weighted by Crippen LogP contribution is -2.50. The number of halogens is 4. The summed E-state index contributed by atoms with van der Waals surface area (Å²) < 4.78 is 35.8. The molecule has 1 aliphatic heterocycles. The van der Waals surface area contributed by atoms with Gasteiger partial charge in [-0.05, 0) is 12.8 Å². The molecule has 1 fully saturated rings. The molecule has 2 N–H and O–H groups in total. The fourth-order valence-electron chi connectivity index (χ4n) is 1.37.